The van der Waals surface area contributed by atoms with Gasteiger partial charge in [-0.15, -0.1) is 0 Å². The summed E-state index contributed by atoms with van der Waals surface area (Å²) in [5.74, 6) is 0.582. The number of ether oxygens (including phenoxy) is 1. The molecule has 0 aliphatic carbocycles. The van der Waals surface area contributed by atoms with Crippen molar-refractivity contribution in [2.24, 2.45) is 0 Å². The van der Waals surface area contributed by atoms with Crippen LogP contribution in [-0.2, 0) is 0 Å². The van der Waals surface area contributed by atoms with Gasteiger partial charge in [-0.3, -0.25) is 0 Å². The Labute approximate surface area is 131 Å². The van der Waals surface area contributed by atoms with E-state index in [1.807, 2.05) is 6.07 Å². The first kappa shape index (κ1) is 14.7. The van der Waals surface area contributed by atoms with E-state index in [2.05, 4.69) is 47.1 Å². The Bertz CT molecular complexity index is 581. The van der Waals surface area contributed by atoms with Crippen molar-refractivity contribution in [2.45, 2.75) is 11.8 Å². The summed E-state index contributed by atoms with van der Waals surface area (Å²) in [6, 6.07) is 11.9. The monoisotopic (exact) mass is 358 g/mol. The van der Waals surface area contributed by atoms with Crippen LogP contribution in [0.3, 0.4) is 0 Å². The molecular formula is C15H13BrCl2O. The smallest absolute Gasteiger partial charge is 0.138 e. The Kier molecular flexibility index (Phi) is 4.77. The maximum atomic E-state index is 6.29. The number of rotatable bonds is 3. The maximum absolute atomic E-state index is 6.29. The van der Waals surface area contributed by atoms with E-state index in [1.54, 1.807) is 13.2 Å². The minimum atomic E-state index is 0.00371. The number of methoxy groups -OCH3 is 1. The third-order valence-electron chi connectivity index (χ3n) is 2.91. The van der Waals surface area contributed by atoms with Gasteiger partial charge >= 0.3 is 0 Å². The molecule has 0 saturated heterocycles. The quantitative estimate of drug-likeness (QED) is 0.629. The van der Waals surface area contributed by atoms with E-state index in [0.717, 1.165) is 11.1 Å². The second kappa shape index (κ2) is 6.17. The van der Waals surface area contributed by atoms with Crippen LogP contribution in [0.2, 0.25) is 10.0 Å². The predicted octanol–water partition coefficient (Wildman–Crippen LogP) is 5.79. The van der Waals surface area contributed by atoms with E-state index in [-0.39, 0.29) is 4.83 Å². The molecule has 0 aliphatic rings. The minimum absolute atomic E-state index is 0.00371. The van der Waals surface area contributed by atoms with Crippen molar-refractivity contribution >= 4 is 39.1 Å². The highest BCUT2D eigenvalue weighted by atomic mass is 79.9. The van der Waals surface area contributed by atoms with E-state index in [9.17, 15) is 0 Å². The fraction of sp³-hybridized carbons (Fsp3) is 0.200. The number of alkyl halides is 1. The molecule has 4 heteroatoms. The van der Waals surface area contributed by atoms with Gasteiger partial charge in [-0.2, -0.15) is 0 Å². The van der Waals surface area contributed by atoms with Crippen molar-refractivity contribution in [3.8, 4) is 5.75 Å². The molecule has 100 valence electrons. The van der Waals surface area contributed by atoms with E-state index in [1.165, 1.54) is 5.56 Å². The summed E-state index contributed by atoms with van der Waals surface area (Å²) < 4.78 is 5.15. The molecular weight excluding hydrogens is 347 g/mol. The van der Waals surface area contributed by atoms with Crippen LogP contribution in [0.25, 0.3) is 0 Å². The molecule has 2 aromatic carbocycles. The number of aryl methyl sites for hydroxylation is 1. The molecule has 0 heterocycles. The topological polar surface area (TPSA) is 9.23 Å². The summed E-state index contributed by atoms with van der Waals surface area (Å²) in [6.45, 7) is 2.06. The third-order valence-corrected chi connectivity index (χ3v) is 4.56. The van der Waals surface area contributed by atoms with E-state index >= 15 is 0 Å². The van der Waals surface area contributed by atoms with Crippen LogP contribution in [0.4, 0.5) is 0 Å². The van der Waals surface area contributed by atoms with Crippen LogP contribution in [0, 0.1) is 6.92 Å². The number of benzene rings is 2. The van der Waals surface area contributed by atoms with Crippen molar-refractivity contribution in [1.29, 1.82) is 0 Å². The summed E-state index contributed by atoms with van der Waals surface area (Å²) in [5, 5.41) is 1.18. The summed E-state index contributed by atoms with van der Waals surface area (Å²) in [6.07, 6.45) is 0. The standard InChI is InChI=1S/C15H13BrCl2O/c1-9-3-5-10(6-4-9)15(16)11-7-13(18)14(19-2)8-12(11)17/h3-8,15H,1-2H3. The Morgan fingerprint density at radius 2 is 1.68 bits per heavy atom. The lowest BCUT2D eigenvalue weighted by Gasteiger charge is -2.15. The first-order valence-corrected chi connectivity index (χ1v) is 7.43. The van der Waals surface area contributed by atoms with Crippen LogP contribution in [0.1, 0.15) is 21.5 Å². The molecule has 1 atom stereocenters. The maximum Gasteiger partial charge on any atom is 0.138 e. The van der Waals surface area contributed by atoms with Crippen LogP contribution in [0.15, 0.2) is 36.4 Å². The lowest BCUT2D eigenvalue weighted by Crippen LogP contribution is -1.95. The molecule has 0 N–H and O–H groups in total. The zero-order chi connectivity index (χ0) is 14.0. The van der Waals surface area contributed by atoms with Crippen molar-refractivity contribution in [3.63, 3.8) is 0 Å². The highest BCUT2D eigenvalue weighted by Crippen LogP contribution is 2.40. The molecule has 0 aliphatic heterocycles. The zero-order valence-electron chi connectivity index (χ0n) is 10.6. The van der Waals surface area contributed by atoms with Crippen molar-refractivity contribution in [1.82, 2.24) is 0 Å². The average Bonchev–Trinajstić information content (AvgIpc) is 2.41. The lowest BCUT2D eigenvalue weighted by molar-refractivity contribution is 0.415. The Morgan fingerprint density at radius 3 is 2.26 bits per heavy atom. The second-order valence-electron chi connectivity index (χ2n) is 4.28. The van der Waals surface area contributed by atoms with Crippen LogP contribution in [-0.4, -0.2) is 7.11 Å². The molecule has 2 aromatic rings. The minimum Gasteiger partial charge on any atom is -0.495 e. The fourth-order valence-electron chi connectivity index (χ4n) is 1.81. The van der Waals surface area contributed by atoms with Gasteiger partial charge in [0.1, 0.15) is 5.75 Å². The summed E-state index contributed by atoms with van der Waals surface area (Å²) in [4.78, 5) is 0.00371. The Hall–Kier alpha value is -0.700. The molecule has 1 unspecified atom stereocenters. The Balaban J connectivity index is 2.41. The van der Waals surface area contributed by atoms with Crippen molar-refractivity contribution in [2.75, 3.05) is 7.11 Å². The van der Waals surface area contributed by atoms with Crippen molar-refractivity contribution in [3.05, 3.63) is 63.1 Å². The molecule has 2 rings (SSSR count). The zero-order valence-corrected chi connectivity index (χ0v) is 13.7. The Morgan fingerprint density at radius 1 is 1.05 bits per heavy atom. The van der Waals surface area contributed by atoms with E-state index < -0.39 is 0 Å². The summed E-state index contributed by atoms with van der Waals surface area (Å²) >= 11 is 16.1. The molecule has 0 bridgehead atoms. The van der Waals surface area contributed by atoms with Gasteiger partial charge in [-0.05, 0) is 24.1 Å². The highest BCUT2D eigenvalue weighted by Gasteiger charge is 2.16. The molecule has 0 aromatic heterocycles. The number of halogens is 3. The lowest BCUT2D eigenvalue weighted by atomic mass is 10.0. The van der Waals surface area contributed by atoms with Crippen LogP contribution in [0.5, 0.6) is 5.75 Å². The number of hydrogen-bond acceptors (Lipinski definition) is 1. The molecule has 0 radical (unpaired) electrons. The predicted molar refractivity (Wildman–Crippen MR) is 85.0 cm³/mol. The van der Waals surface area contributed by atoms with Gasteiger partial charge in [-0.1, -0.05) is 69.0 Å². The molecule has 0 amide bonds. The van der Waals surface area contributed by atoms with Gasteiger partial charge in [0.15, 0.2) is 0 Å². The number of hydrogen-bond donors (Lipinski definition) is 0. The molecule has 0 fully saturated rings. The second-order valence-corrected chi connectivity index (χ2v) is 6.01. The molecule has 0 spiro atoms. The largest absolute Gasteiger partial charge is 0.495 e. The van der Waals surface area contributed by atoms with E-state index in [4.69, 9.17) is 27.9 Å². The van der Waals surface area contributed by atoms with Gasteiger partial charge in [0.05, 0.1) is 17.0 Å². The molecule has 1 nitrogen and oxygen atoms in total. The fourth-order valence-corrected chi connectivity index (χ4v) is 3.14. The van der Waals surface area contributed by atoms with Gasteiger partial charge in [0, 0.05) is 11.1 Å². The van der Waals surface area contributed by atoms with Crippen molar-refractivity contribution < 1.29 is 4.74 Å². The molecule has 0 saturated carbocycles. The van der Waals surface area contributed by atoms with Crippen LogP contribution < -0.4 is 4.74 Å². The first-order chi connectivity index (χ1) is 9.02. The SMILES string of the molecule is COc1cc(Cl)c(C(Br)c2ccc(C)cc2)cc1Cl. The third kappa shape index (κ3) is 3.25. The van der Waals surface area contributed by atoms with Gasteiger partial charge < -0.3 is 4.74 Å². The normalized spacial score (nSPS) is 12.3. The molecule has 19 heavy (non-hydrogen) atoms. The summed E-state index contributed by atoms with van der Waals surface area (Å²) in [7, 11) is 1.57. The van der Waals surface area contributed by atoms with Gasteiger partial charge in [0.2, 0.25) is 0 Å². The van der Waals surface area contributed by atoms with Gasteiger partial charge in [0.25, 0.3) is 0 Å². The average molecular weight is 360 g/mol. The van der Waals surface area contributed by atoms with E-state index in [0.29, 0.717) is 15.8 Å². The highest BCUT2D eigenvalue weighted by molar-refractivity contribution is 9.09. The van der Waals surface area contributed by atoms with Crippen LogP contribution >= 0.6 is 39.1 Å². The summed E-state index contributed by atoms with van der Waals surface area (Å²) in [5.41, 5.74) is 3.28. The van der Waals surface area contributed by atoms with Gasteiger partial charge in [-0.25, -0.2) is 0 Å². The first-order valence-electron chi connectivity index (χ1n) is 5.76.